The van der Waals surface area contributed by atoms with Gasteiger partial charge in [-0.3, -0.25) is 4.98 Å². The Bertz CT molecular complexity index is 799. The molecule has 0 fully saturated rings. The molecule has 4 heteroatoms. The van der Waals surface area contributed by atoms with Gasteiger partial charge in [-0.15, -0.1) is 0 Å². The van der Waals surface area contributed by atoms with Crippen molar-refractivity contribution in [1.82, 2.24) is 4.98 Å². The van der Waals surface area contributed by atoms with Crippen molar-refractivity contribution in [2.24, 2.45) is 0 Å². The summed E-state index contributed by atoms with van der Waals surface area (Å²) in [7, 11) is 0. The fraction of sp³-hybridized carbons (Fsp3) is 0.0588. The first kappa shape index (κ1) is 13.1. The van der Waals surface area contributed by atoms with E-state index in [9.17, 15) is 4.79 Å². The standard InChI is InChI=1S/C17H13NO3/c19-17(20)14-4-1-3-12(9-14)11-21-15-7-6-13-5-2-8-18-16(13)10-15/h1-10H,11H2,(H,19,20). The maximum absolute atomic E-state index is 10.9. The Kier molecular flexibility index (Phi) is 3.51. The molecule has 1 heterocycles. The van der Waals surface area contributed by atoms with Crippen LogP contribution in [0.2, 0.25) is 0 Å². The minimum absolute atomic E-state index is 0.260. The van der Waals surface area contributed by atoms with E-state index in [1.165, 1.54) is 0 Å². The third-order valence-electron chi connectivity index (χ3n) is 3.16. The Morgan fingerprint density at radius 2 is 2.00 bits per heavy atom. The number of carboxylic acids is 1. The molecule has 1 aromatic heterocycles. The van der Waals surface area contributed by atoms with Crippen LogP contribution in [0.25, 0.3) is 10.9 Å². The molecule has 3 aromatic rings. The van der Waals surface area contributed by atoms with Crippen LogP contribution in [0.15, 0.2) is 60.8 Å². The van der Waals surface area contributed by atoms with Crippen LogP contribution >= 0.6 is 0 Å². The van der Waals surface area contributed by atoms with Crippen LogP contribution in [0.1, 0.15) is 15.9 Å². The fourth-order valence-corrected chi connectivity index (χ4v) is 2.10. The first-order valence-electron chi connectivity index (χ1n) is 6.52. The van der Waals surface area contributed by atoms with Crippen LogP contribution in [-0.2, 0) is 6.61 Å². The number of carboxylic acid groups (broad SMARTS) is 1. The molecule has 0 saturated heterocycles. The molecule has 0 amide bonds. The first-order valence-corrected chi connectivity index (χ1v) is 6.52. The third-order valence-corrected chi connectivity index (χ3v) is 3.16. The van der Waals surface area contributed by atoms with Gasteiger partial charge < -0.3 is 9.84 Å². The number of fused-ring (bicyclic) bond motifs is 1. The van der Waals surface area contributed by atoms with Gasteiger partial charge in [0.1, 0.15) is 12.4 Å². The lowest BCUT2D eigenvalue weighted by Gasteiger charge is -2.07. The van der Waals surface area contributed by atoms with E-state index in [-0.39, 0.29) is 5.56 Å². The van der Waals surface area contributed by atoms with Crippen molar-refractivity contribution in [2.45, 2.75) is 6.61 Å². The average molecular weight is 279 g/mol. The first-order chi connectivity index (χ1) is 10.2. The van der Waals surface area contributed by atoms with Crippen molar-refractivity contribution in [2.75, 3.05) is 0 Å². The molecule has 104 valence electrons. The van der Waals surface area contributed by atoms with Gasteiger partial charge in [-0.05, 0) is 35.9 Å². The summed E-state index contributed by atoms with van der Waals surface area (Å²) >= 11 is 0. The van der Waals surface area contributed by atoms with Crippen molar-refractivity contribution >= 4 is 16.9 Å². The lowest BCUT2D eigenvalue weighted by molar-refractivity contribution is 0.0696. The minimum Gasteiger partial charge on any atom is -0.489 e. The molecule has 21 heavy (non-hydrogen) atoms. The van der Waals surface area contributed by atoms with Crippen molar-refractivity contribution in [3.05, 3.63) is 71.9 Å². The molecular formula is C17H13NO3. The molecule has 0 spiro atoms. The van der Waals surface area contributed by atoms with Gasteiger partial charge >= 0.3 is 5.97 Å². The lowest BCUT2D eigenvalue weighted by atomic mass is 10.1. The van der Waals surface area contributed by atoms with Gasteiger partial charge in [0.05, 0.1) is 11.1 Å². The lowest BCUT2D eigenvalue weighted by Crippen LogP contribution is -2.00. The molecule has 4 nitrogen and oxygen atoms in total. The molecule has 3 rings (SSSR count). The van der Waals surface area contributed by atoms with E-state index in [4.69, 9.17) is 9.84 Å². The summed E-state index contributed by atoms with van der Waals surface area (Å²) < 4.78 is 5.70. The second-order valence-electron chi connectivity index (χ2n) is 4.65. The predicted octanol–water partition coefficient (Wildman–Crippen LogP) is 3.51. The molecular weight excluding hydrogens is 266 g/mol. The van der Waals surface area contributed by atoms with Gasteiger partial charge in [0, 0.05) is 17.6 Å². The second-order valence-corrected chi connectivity index (χ2v) is 4.65. The number of ether oxygens (including phenoxy) is 1. The van der Waals surface area contributed by atoms with Gasteiger partial charge in [-0.2, -0.15) is 0 Å². The minimum atomic E-state index is -0.938. The molecule has 0 bridgehead atoms. The summed E-state index contributed by atoms with van der Waals surface area (Å²) in [6.07, 6.45) is 1.74. The highest BCUT2D eigenvalue weighted by Gasteiger charge is 2.04. The number of hydrogen-bond donors (Lipinski definition) is 1. The maximum atomic E-state index is 10.9. The van der Waals surface area contributed by atoms with E-state index >= 15 is 0 Å². The van der Waals surface area contributed by atoms with E-state index in [0.29, 0.717) is 12.4 Å². The van der Waals surface area contributed by atoms with E-state index in [1.54, 1.807) is 24.4 Å². The number of carbonyl (C=O) groups is 1. The summed E-state index contributed by atoms with van der Waals surface area (Å²) in [5, 5.41) is 10.0. The smallest absolute Gasteiger partial charge is 0.335 e. The normalized spacial score (nSPS) is 10.5. The van der Waals surface area contributed by atoms with Gasteiger partial charge in [0.2, 0.25) is 0 Å². The van der Waals surface area contributed by atoms with Gasteiger partial charge in [-0.25, -0.2) is 4.79 Å². The summed E-state index contributed by atoms with van der Waals surface area (Å²) in [5.41, 5.74) is 1.95. The quantitative estimate of drug-likeness (QED) is 0.794. The molecule has 0 radical (unpaired) electrons. The molecule has 0 aliphatic rings. The van der Waals surface area contributed by atoms with Crippen LogP contribution in [-0.4, -0.2) is 16.1 Å². The Morgan fingerprint density at radius 1 is 1.10 bits per heavy atom. The Balaban J connectivity index is 1.77. The third kappa shape index (κ3) is 3.00. The van der Waals surface area contributed by atoms with E-state index in [2.05, 4.69) is 4.98 Å². The van der Waals surface area contributed by atoms with Crippen LogP contribution in [0, 0.1) is 0 Å². The topological polar surface area (TPSA) is 59.4 Å². The number of aromatic nitrogens is 1. The summed E-state index contributed by atoms with van der Waals surface area (Å²) in [4.78, 5) is 15.2. The average Bonchev–Trinajstić information content (AvgIpc) is 2.53. The second kappa shape index (κ2) is 5.63. The molecule has 0 aliphatic heterocycles. The molecule has 2 aromatic carbocycles. The zero-order valence-corrected chi connectivity index (χ0v) is 11.2. The summed E-state index contributed by atoms with van der Waals surface area (Å²) in [6, 6.07) is 16.3. The number of pyridine rings is 1. The Morgan fingerprint density at radius 3 is 2.86 bits per heavy atom. The van der Waals surface area contributed by atoms with E-state index in [1.807, 2.05) is 36.4 Å². The van der Waals surface area contributed by atoms with Crippen LogP contribution < -0.4 is 4.74 Å². The monoisotopic (exact) mass is 279 g/mol. The zero-order chi connectivity index (χ0) is 14.7. The zero-order valence-electron chi connectivity index (χ0n) is 11.2. The maximum Gasteiger partial charge on any atom is 0.335 e. The highest BCUT2D eigenvalue weighted by Crippen LogP contribution is 2.20. The molecule has 0 atom stereocenters. The van der Waals surface area contributed by atoms with Crippen molar-refractivity contribution < 1.29 is 14.6 Å². The number of aromatic carboxylic acids is 1. The highest BCUT2D eigenvalue weighted by molar-refractivity contribution is 5.87. The van der Waals surface area contributed by atoms with Gasteiger partial charge in [0.25, 0.3) is 0 Å². The van der Waals surface area contributed by atoms with Crippen LogP contribution in [0.3, 0.4) is 0 Å². The highest BCUT2D eigenvalue weighted by atomic mass is 16.5. The van der Waals surface area contributed by atoms with E-state index < -0.39 is 5.97 Å². The van der Waals surface area contributed by atoms with Crippen molar-refractivity contribution in [1.29, 1.82) is 0 Å². The van der Waals surface area contributed by atoms with Gasteiger partial charge in [-0.1, -0.05) is 18.2 Å². The van der Waals surface area contributed by atoms with Crippen molar-refractivity contribution in [3.63, 3.8) is 0 Å². The molecule has 0 unspecified atom stereocenters. The summed E-state index contributed by atoms with van der Waals surface area (Å²) in [5.74, 6) is -0.228. The van der Waals surface area contributed by atoms with E-state index in [0.717, 1.165) is 16.5 Å². The number of nitrogens with zero attached hydrogens (tertiary/aromatic N) is 1. The van der Waals surface area contributed by atoms with Crippen LogP contribution in [0.4, 0.5) is 0 Å². The molecule has 0 aliphatic carbocycles. The SMILES string of the molecule is O=C(O)c1cccc(COc2ccc3cccnc3c2)c1. The predicted molar refractivity (Wildman–Crippen MR) is 79.5 cm³/mol. The van der Waals surface area contributed by atoms with Crippen LogP contribution in [0.5, 0.6) is 5.75 Å². The van der Waals surface area contributed by atoms with Crippen molar-refractivity contribution in [3.8, 4) is 5.75 Å². The largest absolute Gasteiger partial charge is 0.489 e. The Hall–Kier alpha value is -2.88. The van der Waals surface area contributed by atoms with Gasteiger partial charge in [0.15, 0.2) is 0 Å². The Labute approximate surface area is 121 Å². The molecule has 0 saturated carbocycles. The number of rotatable bonds is 4. The number of hydrogen-bond acceptors (Lipinski definition) is 3. The molecule has 1 N–H and O–H groups in total. The fourth-order valence-electron chi connectivity index (χ4n) is 2.10. The number of benzene rings is 2. The summed E-state index contributed by atoms with van der Waals surface area (Å²) in [6.45, 7) is 0.319.